The van der Waals surface area contributed by atoms with E-state index >= 15 is 0 Å². The number of carbonyl (C=O) groups excluding carboxylic acids is 5. The summed E-state index contributed by atoms with van der Waals surface area (Å²) in [6.07, 6.45) is 2.69. The first kappa shape index (κ1) is 35.5. The van der Waals surface area contributed by atoms with E-state index in [4.69, 9.17) is 4.74 Å². The fourth-order valence-electron chi connectivity index (χ4n) is 5.93. The van der Waals surface area contributed by atoms with Gasteiger partial charge < -0.3 is 15.0 Å². The number of ether oxygens (including phenoxy) is 1. The first-order valence-corrected chi connectivity index (χ1v) is 17.3. The van der Waals surface area contributed by atoms with Crippen LogP contribution in [0.4, 0.5) is 10.6 Å². The molecule has 4 heterocycles. The normalized spacial score (nSPS) is 17.7. The predicted octanol–water partition coefficient (Wildman–Crippen LogP) is 4.63. The summed E-state index contributed by atoms with van der Waals surface area (Å²) in [5.74, 6) is -1.79. The Balaban J connectivity index is 1.39. The van der Waals surface area contributed by atoms with Crippen LogP contribution in [-0.2, 0) is 20.7 Å². The summed E-state index contributed by atoms with van der Waals surface area (Å²) in [5, 5.41) is 5.46. The van der Waals surface area contributed by atoms with Gasteiger partial charge in [-0.25, -0.2) is 14.8 Å². The maximum Gasteiger partial charge on any atom is 0.408 e. The Morgan fingerprint density at radius 2 is 1.73 bits per heavy atom. The number of amides is 5. The van der Waals surface area contributed by atoms with E-state index in [0.717, 1.165) is 41.9 Å². The minimum absolute atomic E-state index is 0.0911. The Labute approximate surface area is 289 Å². The first-order chi connectivity index (χ1) is 23.2. The Morgan fingerprint density at radius 3 is 2.41 bits per heavy atom. The van der Waals surface area contributed by atoms with Crippen molar-refractivity contribution in [3.63, 3.8) is 0 Å². The molecule has 3 aromatic rings. The lowest BCUT2D eigenvalue weighted by Gasteiger charge is -2.31. The summed E-state index contributed by atoms with van der Waals surface area (Å²) in [4.78, 5) is 79.3. The van der Waals surface area contributed by atoms with Crippen LogP contribution in [0.1, 0.15) is 103 Å². The minimum atomic E-state index is -1.54. The van der Waals surface area contributed by atoms with Crippen molar-refractivity contribution < 1.29 is 28.7 Å². The zero-order valence-corrected chi connectivity index (χ0v) is 29.3. The zero-order chi connectivity index (χ0) is 35.3. The Hall–Kier alpha value is -4.85. The maximum absolute atomic E-state index is 14.0. The highest BCUT2D eigenvalue weighted by atomic mass is 32.1. The number of hydrogen-bond donors (Lipinski definition) is 3. The summed E-state index contributed by atoms with van der Waals surface area (Å²) in [6.45, 7) is 9.49. The molecule has 5 amide bonds. The number of nitrogens with one attached hydrogen (secondary N) is 3. The van der Waals surface area contributed by atoms with Gasteiger partial charge in [-0.05, 0) is 78.0 Å². The molecular weight excluding hydrogens is 646 g/mol. The van der Waals surface area contributed by atoms with E-state index in [-0.39, 0.29) is 41.4 Å². The predicted molar refractivity (Wildman–Crippen MR) is 184 cm³/mol. The second kappa shape index (κ2) is 14.7. The van der Waals surface area contributed by atoms with Crippen molar-refractivity contribution in [2.24, 2.45) is 0 Å². The molecule has 0 bridgehead atoms. The molecule has 2 aliphatic rings. The first-order valence-electron chi connectivity index (χ1n) is 16.4. The summed E-state index contributed by atoms with van der Waals surface area (Å²) in [7, 11) is 0. The molecule has 0 spiro atoms. The van der Waals surface area contributed by atoms with Crippen LogP contribution < -0.4 is 21.1 Å². The average molecular weight is 690 g/mol. The van der Waals surface area contributed by atoms with Crippen LogP contribution in [0.25, 0.3) is 0 Å². The van der Waals surface area contributed by atoms with E-state index < -0.39 is 29.0 Å². The number of alkyl carbamates (subject to hydrolysis) is 1. The molecule has 2 fully saturated rings. The molecule has 2 saturated heterocycles. The monoisotopic (exact) mass is 689 g/mol. The molecule has 2 aromatic heterocycles. The van der Waals surface area contributed by atoms with Gasteiger partial charge in [0.2, 0.25) is 5.91 Å². The number of anilines is 1. The second-order valence-corrected chi connectivity index (χ2v) is 14.5. The van der Waals surface area contributed by atoms with E-state index in [9.17, 15) is 24.0 Å². The number of nitrogens with zero attached hydrogens (tertiary/aromatic N) is 4. The number of hydrazine groups is 1. The van der Waals surface area contributed by atoms with Crippen LogP contribution in [0.15, 0.2) is 47.8 Å². The van der Waals surface area contributed by atoms with E-state index in [1.54, 1.807) is 31.7 Å². The fraction of sp³-hybridized carbons (Fsp3) is 0.457. The lowest BCUT2D eigenvalue weighted by atomic mass is 9.92. The molecule has 14 heteroatoms. The van der Waals surface area contributed by atoms with Crippen LogP contribution >= 0.6 is 11.3 Å². The number of likely N-dealkylation sites (tertiary alicyclic amines) is 1. The number of thiazole rings is 1. The lowest BCUT2D eigenvalue weighted by molar-refractivity contribution is -0.128. The van der Waals surface area contributed by atoms with Crippen LogP contribution in [0.2, 0.25) is 0 Å². The Kier molecular flexibility index (Phi) is 10.7. The molecule has 13 nitrogen and oxygen atoms in total. The molecule has 2 aliphatic heterocycles. The van der Waals surface area contributed by atoms with Gasteiger partial charge in [-0.2, -0.15) is 0 Å². The van der Waals surface area contributed by atoms with Crippen molar-refractivity contribution in [1.29, 1.82) is 0 Å². The summed E-state index contributed by atoms with van der Waals surface area (Å²) >= 11 is 1.51. The van der Waals surface area contributed by atoms with Crippen molar-refractivity contribution in [3.05, 3.63) is 75.4 Å². The van der Waals surface area contributed by atoms with E-state index in [1.165, 1.54) is 29.2 Å². The van der Waals surface area contributed by atoms with Crippen LogP contribution in [0, 0.1) is 6.92 Å². The third-order valence-electron chi connectivity index (χ3n) is 8.29. The Bertz CT molecular complexity index is 1720. The molecule has 5 rings (SSSR count). The average Bonchev–Trinajstić information content (AvgIpc) is 3.71. The number of hydrogen-bond acceptors (Lipinski definition) is 9. The second-order valence-electron chi connectivity index (χ2n) is 13.6. The van der Waals surface area contributed by atoms with E-state index in [2.05, 4.69) is 26.1 Å². The number of pyridine rings is 1. The molecule has 1 aromatic carbocycles. The number of rotatable bonds is 8. The third-order valence-corrected chi connectivity index (χ3v) is 9.36. The molecule has 0 unspecified atom stereocenters. The lowest BCUT2D eigenvalue weighted by Crippen LogP contribution is -2.61. The highest BCUT2D eigenvalue weighted by Crippen LogP contribution is 2.35. The number of benzene rings is 1. The zero-order valence-electron chi connectivity index (χ0n) is 28.5. The van der Waals surface area contributed by atoms with Gasteiger partial charge in [0.25, 0.3) is 17.7 Å². The van der Waals surface area contributed by atoms with Crippen LogP contribution in [0.5, 0.6) is 0 Å². The van der Waals surface area contributed by atoms with E-state index in [0.29, 0.717) is 19.5 Å². The van der Waals surface area contributed by atoms with Crippen molar-refractivity contribution in [3.8, 4) is 0 Å². The van der Waals surface area contributed by atoms with Crippen molar-refractivity contribution >= 4 is 46.9 Å². The van der Waals surface area contributed by atoms with E-state index in [1.807, 2.05) is 42.6 Å². The van der Waals surface area contributed by atoms with Gasteiger partial charge in [0, 0.05) is 42.6 Å². The van der Waals surface area contributed by atoms with Crippen molar-refractivity contribution in [1.82, 2.24) is 31.0 Å². The number of aromatic nitrogens is 2. The molecule has 0 aliphatic carbocycles. The molecule has 3 N–H and O–H groups in total. The van der Waals surface area contributed by atoms with Gasteiger partial charge in [0.1, 0.15) is 27.7 Å². The molecule has 2 atom stereocenters. The van der Waals surface area contributed by atoms with Gasteiger partial charge >= 0.3 is 6.09 Å². The SMILES string of the molecule is Cc1csc([C@H]2CCCN2C(=O)c2cc(C(=O)NNC(=O)[C@@](C)(Cc3ccccc3)NC(=O)OC(C)(C)C)nc(N3CCCCC3=O)c2)n1. The highest BCUT2D eigenvalue weighted by molar-refractivity contribution is 7.09. The number of carbonyl (C=O) groups is 5. The molecule has 49 heavy (non-hydrogen) atoms. The van der Waals surface area contributed by atoms with Gasteiger partial charge in [-0.1, -0.05) is 30.3 Å². The van der Waals surface area contributed by atoms with Crippen molar-refractivity contribution in [2.75, 3.05) is 18.0 Å². The minimum Gasteiger partial charge on any atom is -0.444 e. The highest BCUT2D eigenvalue weighted by Gasteiger charge is 2.38. The summed E-state index contributed by atoms with van der Waals surface area (Å²) < 4.78 is 5.41. The van der Waals surface area contributed by atoms with Crippen LogP contribution in [-0.4, -0.2) is 68.8 Å². The van der Waals surface area contributed by atoms with Gasteiger partial charge in [-0.3, -0.25) is 34.9 Å². The number of aryl methyl sites for hydroxylation is 1. The smallest absolute Gasteiger partial charge is 0.408 e. The van der Waals surface area contributed by atoms with Crippen LogP contribution in [0.3, 0.4) is 0 Å². The molecular formula is C35H43N7O6S. The summed E-state index contributed by atoms with van der Waals surface area (Å²) in [6, 6.07) is 11.8. The quantitative estimate of drug-likeness (QED) is 0.289. The largest absolute Gasteiger partial charge is 0.444 e. The maximum atomic E-state index is 14.0. The van der Waals surface area contributed by atoms with Gasteiger partial charge in [0.05, 0.1) is 6.04 Å². The topological polar surface area (TPSA) is 163 Å². The third kappa shape index (κ3) is 8.79. The van der Waals surface area contributed by atoms with Gasteiger partial charge in [0.15, 0.2) is 0 Å². The summed E-state index contributed by atoms with van der Waals surface area (Å²) in [5.41, 5.74) is 4.16. The van der Waals surface area contributed by atoms with Crippen molar-refractivity contribution in [2.45, 2.75) is 90.3 Å². The van der Waals surface area contributed by atoms with Gasteiger partial charge in [-0.15, -0.1) is 11.3 Å². The molecule has 0 saturated carbocycles. The Morgan fingerprint density at radius 1 is 0.980 bits per heavy atom. The molecule has 260 valence electrons. The standard InChI is InChI=1S/C35H43N7O6S/c1-22-21-49-30(36-22)26-14-11-17-41(26)31(45)24-18-25(37-27(19-24)42-16-10-9-15-28(42)43)29(44)39-40-32(46)35(5,20-23-12-7-6-8-13-23)38-33(47)48-34(2,3)4/h6-8,12-13,18-19,21,26H,9-11,14-17,20H2,1-5H3,(H,38,47)(H,39,44)(H,40,46)/t26-,35-/m1/s1. The number of piperidine rings is 1. The fourth-order valence-corrected chi connectivity index (χ4v) is 6.87. The molecule has 0 radical (unpaired) electrons.